The number of hydrogen-bond donors (Lipinski definition) is 2. The fourth-order valence-electron chi connectivity index (χ4n) is 2.03. The molecule has 0 aliphatic heterocycles. The van der Waals surface area contributed by atoms with Crippen LogP contribution in [-0.2, 0) is 4.79 Å². The maximum atomic E-state index is 11.9. The maximum absolute atomic E-state index is 11.9. The molecular formula is C15H20N4O. The number of amides is 1. The maximum Gasteiger partial charge on any atom is 0.241 e. The monoisotopic (exact) mass is 272 g/mol. The lowest BCUT2D eigenvalue weighted by Crippen LogP contribution is -2.35. The molecule has 0 aliphatic carbocycles. The fourth-order valence-corrected chi connectivity index (χ4v) is 2.03. The molecule has 3 N–H and O–H groups in total. The van der Waals surface area contributed by atoms with Gasteiger partial charge in [0.2, 0.25) is 5.91 Å². The van der Waals surface area contributed by atoms with Crippen LogP contribution in [0.4, 0.5) is 5.69 Å². The summed E-state index contributed by atoms with van der Waals surface area (Å²) in [5.74, 6) is -0.164. The second kappa shape index (κ2) is 6.34. The van der Waals surface area contributed by atoms with Crippen LogP contribution in [0.1, 0.15) is 25.5 Å². The van der Waals surface area contributed by atoms with E-state index in [0.29, 0.717) is 12.1 Å². The van der Waals surface area contributed by atoms with E-state index in [0.717, 1.165) is 17.8 Å². The molecule has 1 amide bonds. The standard InChI is InChI=1S/C15H20N4O/c1-3-7-13(16)15(20)18-14-10-17-19(11(14)2)12-8-5-4-6-9-12/h4-6,8-10,13H,3,7,16H2,1-2H3,(H,18,20). The Hall–Kier alpha value is -2.14. The Balaban J connectivity index is 2.16. The highest BCUT2D eigenvalue weighted by atomic mass is 16.2. The predicted octanol–water partition coefficient (Wildman–Crippen LogP) is 2.25. The third-order valence-electron chi connectivity index (χ3n) is 3.20. The summed E-state index contributed by atoms with van der Waals surface area (Å²) >= 11 is 0. The number of rotatable bonds is 5. The molecular weight excluding hydrogens is 252 g/mol. The van der Waals surface area contributed by atoms with Gasteiger partial charge < -0.3 is 11.1 Å². The number of benzene rings is 1. The van der Waals surface area contributed by atoms with Gasteiger partial charge in [-0.2, -0.15) is 5.10 Å². The Labute approximate surface area is 118 Å². The van der Waals surface area contributed by atoms with Gasteiger partial charge in [0.15, 0.2) is 0 Å². The van der Waals surface area contributed by atoms with Gasteiger partial charge in [0, 0.05) is 0 Å². The second-order valence-corrected chi connectivity index (χ2v) is 4.78. The average Bonchev–Trinajstić information content (AvgIpc) is 2.81. The van der Waals surface area contributed by atoms with Gasteiger partial charge in [0.05, 0.1) is 29.3 Å². The molecule has 1 unspecified atom stereocenters. The first-order chi connectivity index (χ1) is 9.63. The normalized spacial score (nSPS) is 12.2. The lowest BCUT2D eigenvalue weighted by Gasteiger charge is -2.11. The van der Waals surface area contributed by atoms with Gasteiger partial charge in [0.1, 0.15) is 0 Å². The zero-order valence-corrected chi connectivity index (χ0v) is 11.8. The van der Waals surface area contributed by atoms with Crippen molar-refractivity contribution in [3.8, 4) is 5.69 Å². The van der Waals surface area contributed by atoms with Crippen molar-refractivity contribution >= 4 is 11.6 Å². The highest BCUT2D eigenvalue weighted by molar-refractivity contribution is 5.95. The number of anilines is 1. The molecule has 0 fully saturated rings. The van der Waals surface area contributed by atoms with E-state index in [-0.39, 0.29) is 5.91 Å². The molecule has 1 heterocycles. The molecule has 0 radical (unpaired) electrons. The summed E-state index contributed by atoms with van der Waals surface area (Å²) in [6.07, 6.45) is 3.22. The van der Waals surface area contributed by atoms with Crippen molar-refractivity contribution in [1.82, 2.24) is 9.78 Å². The molecule has 0 aliphatic rings. The van der Waals surface area contributed by atoms with Crippen LogP contribution in [0.3, 0.4) is 0 Å². The van der Waals surface area contributed by atoms with Crippen LogP contribution in [0.25, 0.3) is 5.69 Å². The van der Waals surface area contributed by atoms with Gasteiger partial charge in [-0.25, -0.2) is 4.68 Å². The largest absolute Gasteiger partial charge is 0.322 e. The number of nitrogens with two attached hydrogens (primary N) is 1. The fraction of sp³-hybridized carbons (Fsp3) is 0.333. The Bertz CT molecular complexity index is 577. The minimum absolute atomic E-state index is 0.164. The van der Waals surface area contributed by atoms with Crippen LogP contribution >= 0.6 is 0 Å². The third kappa shape index (κ3) is 3.05. The molecule has 0 saturated carbocycles. The zero-order chi connectivity index (χ0) is 14.5. The smallest absolute Gasteiger partial charge is 0.241 e. The minimum atomic E-state index is -0.473. The summed E-state index contributed by atoms with van der Waals surface area (Å²) < 4.78 is 1.79. The number of aromatic nitrogens is 2. The lowest BCUT2D eigenvalue weighted by atomic mass is 10.1. The summed E-state index contributed by atoms with van der Waals surface area (Å²) in [6.45, 7) is 3.92. The van der Waals surface area contributed by atoms with Crippen molar-refractivity contribution in [3.05, 3.63) is 42.2 Å². The van der Waals surface area contributed by atoms with E-state index < -0.39 is 6.04 Å². The van der Waals surface area contributed by atoms with Gasteiger partial charge in [0.25, 0.3) is 0 Å². The first-order valence-corrected chi connectivity index (χ1v) is 6.80. The Morgan fingerprint density at radius 3 is 2.75 bits per heavy atom. The van der Waals surface area contributed by atoms with Crippen molar-refractivity contribution < 1.29 is 4.79 Å². The molecule has 20 heavy (non-hydrogen) atoms. The summed E-state index contributed by atoms with van der Waals surface area (Å²) in [5, 5.41) is 7.14. The molecule has 2 rings (SSSR count). The molecule has 106 valence electrons. The first-order valence-electron chi connectivity index (χ1n) is 6.80. The molecule has 1 atom stereocenters. The number of carbonyl (C=O) groups is 1. The van der Waals surface area contributed by atoms with E-state index in [9.17, 15) is 4.79 Å². The van der Waals surface area contributed by atoms with Crippen molar-refractivity contribution in [2.45, 2.75) is 32.7 Å². The minimum Gasteiger partial charge on any atom is -0.322 e. The van der Waals surface area contributed by atoms with Crippen LogP contribution < -0.4 is 11.1 Å². The Morgan fingerprint density at radius 2 is 2.10 bits per heavy atom. The van der Waals surface area contributed by atoms with Crippen LogP contribution in [-0.4, -0.2) is 21.7 Å². The highest BCUT2D eigenvalue weighted by Gasteiger charge is 2.15. The topological polar surface area (TPSA) is 72.9 Å². The van der Waals surface area contributed by atoms with Crippen molar-refractivity contribution in [2.75, 3.05) is 5.32 Å². The predicted molar refractivity (Wildman–Crippen MR) is 79.8 cm³/mol. The molecule has 0 bridgehead atoms. The van der Waals surface area contributed by atoms with Crippen molar-refractivity contribution in [1.29, 1.82) is 0 Å². The van der Waals surface area contributed by atoms with E-state index >= 15 is 0 Å². The van der Waals surface area contributed by atoms with Gasteiger partial charge in [-0.05, 0) is 25.5 Å². The van der Waals surface area contributed by atoms with E-state index in [1.807, 2.05) is 44.2 Å². The van der Waals surface area contributed by atoms with Gasteiger partial charge in [-0.15, -0.1) is 0 Å². The van der Waals surface area contributed by atoms with E-state index in [1.54, 1.807) is 10.9 Å². The SMILES string of the molecule is CCCC(N)C(=O)Nc1cnn(-c2ccccc2)c1C. The molecule has 1 aromatic heterocycles. The van der Waals surface area contributed by atoms with E-state index in [1.165, 1.54) is 0 Å². The molecule has 5 heteroatoms. The number of carbonyl (C=O) groups excluding carboxylic acids is 1. The average molecular weight is 272 g/mol. The van der Waals surface area contributed by atoms with Gasteiger partial charge >= 0.3 is 0 Å². The molecule has 1 aromatic carbocycles. The second-order valence-electron chi connectivity index (χ2n) is 4.78. The van der Waals surface area contributed by atoms with E-state index in [4.69, 9.17) is 5.73 Å². The summed E-state index contributed by atoms with van der Waals surface area (Å²) in [4.78, 5) is 11.9. The molecule has 0 spiro atoms. The summed E-state index contributed by atoms with van der Waals surface area (Å²) in [7, 11) is 0. The quantitative estimate of drug-likeness (QED) is 0.876. The van der Waals surface area contributed by atoms with Crippen molar-refractivity contribution in [2.24, 2.45) is 5.73 Å². The number of nitrogens with one attached hydrogen (secondary N) is 1. The molecule has 5 nitrogen and oxygen atoms in total. The Kier molecular flexibility index (Phi) is 4.53. The number of hydrogen-bond acceptors (Lipinski definition) is 3. The third-order valence-corrected chi connectivity index (χ3v) is 3.20. The van der Waals surface area contributed by atoms with Gasteiger partial charge in [-0.1, -0.05) is 31.5 Å². The first kappa shape index (κ1) is 14.3. The highest BCUT2D eigenvalue weighted by Crippen LogP contribution is 2.18. The molecule has 0 saturated heterocycles. The van der Waals surface area contributed by atoms with Crippen LogP contribution in [0, 0.1) is 6.92 Å². The number of para-hydroxylation sites is 1. The number of nitrogens with zero attached hydrogens (tertiary/aromatic N) is 2. The summed E-state index contributed by atoms with van der Waals surface area (Å²) in [6, 6.07) is 9.31. The molecule has 2 aromatic rings. The van der Waals surface area contributed by atoms with E-state index in [2.05, 4.69) is 10.4 Å². The van der Waals surface area contributed by atoms with Crippen LogP contribution in [0.5, 0.6) is 0 Å². The summed E-state index contributed by atoms with van der Waals surface area (Å²) in [5.41, 5.74) is 8.35. The van der Waals surface area contributed by atoms with Crippen molar-refractivity contribution in [3.63, 3.8) is 0 Å². The van der Waals surface area contributed by atoms with Crippen LogP contribution in [0.15, 0.2) is 36.5 Å². The Morgan fingerprint density at radius 1 is 1.40 bits per heavy atom. The van der Waals surface area contributed by atoms with Crippen LogP contribution in [0.2, 0.25) is 0 Å². The van der Waals surface area contributed by atoms with Gasteiger partial charge in [-0.3, -0.25) is 4.79 Å². The zero-order valence-electron chi connectivity index (χ0n) is 11.8. The lowest BCUT2D eigenvalue weighted by molar-refractivity contribution is -0.117.